The van der Waals surface area contributed by atoms with Crippen molar-refractivity contribution in [1.82, 2.24) is 10.6 Å². The molecule has 7 heteroatoms. The van der Waals surface area contributed by atoms with Crippen LogP contribution in [-0.4, -0.2) is 32.3 Å². The van der Waals surface area contributed by atoms with Crippen molar-refractivity contribution < 1.29 is 23.5 Å². The summed E-state index contributed by atoms with van der Waals surface area (Å²) >= 11 is 0. The van der Waals surface area contributed by atoms with Gasteiger partial charge in [-0.3, -0.25) is 0 Å². The summed E-state index contributed by atoms with van der Waals surface area (Å²) in [4.78, 5) is 23.9. The average Bonchev–Trinajstić information content (AvgIpc) is 2.46. The lowest BCUT2D eigenvalue weighted by molar-refractivity contribution is -0.140. The highest BCUT2D eigenvalue weighted by Gasteiger charge is 2.32. The van der Waals surface area contributed by atoms with E-state index in [0.29, 0.717) is 11.3 Å². The lowest BCUT2D eigenvalue weighted by atomic mass is 9.95. The van der Waals surface area contributed by atoms with Crippen LogP contribution in [0.1, 0.15) is 18.5 Å². The molecule has 2 amide bonds. The minimum Gasteiger partial charge on any atom is -0.460 e. The third kappa shape index (κ3) is 3.62. The molecule has 1 aliphatic heterocycles. The Morgan fingerprint density at radius 2 is 2.14 bits per heavy atom. The SMILES string of the molecule is COCCOC(=O)C1=C(C)NC(=O)N[C@H]1c1cccc(F)c1. The number of carbonyl (C=O) groups excluding carboxylic acids is 2. The minimum atomic E-state index is -0.764. The summed E-state index contributed by atoms with van der Waals surface area (Å²) in [6.45, 7) is 1.95. The van der Waals surface area contributed by atoms with Gasteiger partial charge in [0.15, 0.2) is 0 Å². The van der Waals surface area contributed by atoms with Crippen molar-refractivity contribution in [2.24, 2.45) is 0 Å². The molecule has 0 spiro atoms. The first kappa shape index (κ1) is 16.0. The molecule has 1 aromatic rings. The number of methoxy groups -OCH3 is 1. The van der Waals surface area contributed by atoms with Crippen LogP contribution in [0.4, 0.5) is 9.18 Å². The van der Waals surface area contributed by atoms with Crippen LogP contribution in [-0.2, 0) is 14.3 Å². The first-order chi connectivity index (χ1) is 10.5. The van der Waals surface area contributed by atoms with Crippen LogP contribution in [0, 0.1) is 5.82 Å². The summed E-state index contributed by atoms with van der Waals surface area (Å²) < 4.78 is 23.3. The van der Waals surface area contributed by atoms with Crippen molar-refractivity contribution >= 4 is 12.0 Å². The van der Waals surface area contributed by atoms with Gasteiger partial charge in [-0.2, -0.15) is 0 Å². The van der Waals surface area contributed by atoms with E-state index in [1.165, 1.54) is 25.3 Å². The first-order valence-corrected chi connectivity index (χ1v) is 6.72. The van der Waals surface area contributed by atoms with Crippen LogP contribution in [0.5, 0.6) is 0 Å². The van der Waals surface area contributed by atoms with Gasteiger partial charge in [0.25, 0.3) is 0 Å². The Hall–Kier alpha value is -2.41. The van der Waals surface area contributed by atoms with Crippen molar-refractivity contribution in [2.75, 3.05) is 20.3 Å². The van der Waals surface area contributed by atoms with Gasteiger partial charge in [0, 0.05) is 12.8 Å². The molecule has 0 radical (unpaired) electrons. The number of nitrogens with one attached hydrogen (secondary N) is 2. The molecular formula is C15H17FN2O4. The first-order valence-electron chi connectivity index (χ1n) is 6.72. The predicted octanol–water partition coefficient (Wildman–Crippen LogP) is 1.64. The predicted molar refractivity (Wildman–Crippen MR) is 76.3 cm³/mol. The summed E-state index contributed by atoms with van der Waals surface area (Å²) in [5, 5.41) is 5.12. The fraction of sp³-hybridized carbons (Fsp3) is 0.333. The van der Waals surface area contributed by atoms with E-state index in [0.717, 1.165) is 0 Å². The Kier molecular flexibility index (Phi) is 5.11. The molecule has 0 aromatic heterocycles. The minimum absolute atomic E-state index is 0.0932. The Morgan fingerprint density at radius 1 is 1.36 bits per heavy atom. The van der Waals surface area contributed by atoms with Crippen molar-refractivity contribution in [1.29, 1.82) is 0 Å². The number of hydrogen-bond acceptors (Lipinski definition) is 4. The highest BCUT2D eigenvalue weighted by molar-refractivity contribution is 5.95. The van der Waals surface area contributed by atoms with Crippen LogP contribution in [0.15, 0.2) is 35.5 Å². The van der Waals surface area contributed by atoms with E-state index >= 15 is 0 Å². The maximum atomic E-state index is 13.4. The van der Waals surface area contributed by atoms with Crippen molar-refractivity contribution in [3.63, 3.8) is 0 Å². The molecule has 1 heterocycles. The number of halogens is 1. The van der Waals surface area contributed by atoms with Crippen molar-refractivity contribution in [2.45, 2.75) is 13.0 Å². The lowest BCUT2D eigenvalue weighted by Crippen LogP contribution is -2.45. The molecule has 1 aromatic carbocycles. The summed E-state index contributed by atoms with van der Waals surface area (Å²) in [5.74, 6) is -1.04. The monoisotopic (exact) mass is 308 g/mol. The second-order valence-electron chi connectivity index (χ2n) is 4.75. The summed E-state index contributed by atoms with van der Waals surface area (Å²) in [6.07, 6.45) is 0. The average molecular weight is 308 g/mol. The maximum absolute atomic E-state index is 13.4. The molecule has 0 unspecified atom stereocenters. The molecule has 2 rings (SSSR count). The van der Waals surface area contributed by atoms with E-state index in [4.69, 9.17) is 9.47 Å². The van der Waals surface area contributed by atoms with Gasteiger partial charge in [0.1, 0.15) is 12.4 Å². The topological polar surface area (TPSA) is 76.7 Å². The molecule has 0 saturated carbocycles. The third-order valence-electron chi connectivity index (χ3n) is 3.19. The fourth-order valence-electron chi connectivity index (χ4n) is 2.20. The fourth-order valence-corrected chi connectivity index (χ4v) is 2.20. The summed E-state index contributed by atoms with van der Waals surface area (Å²) in [5.41, 5.74) is 1.08. The molecule has 118 valence electrons. The maximum Gasteiger partial charge on any atom is 0.338 e. The number of amides is 2. The Morgan fingerprint density at radius 3 is 2.82 bits per heavy atom. The smallest absolute Gasteiger partial charge is 0.338 e. The normalized spacial score (nSPS) is 17.8. The van der Waals surface area contributed by atoms with E-state index < -0.39 is 23.9 Å². The van der Waals surface area contributed by atoms with Gasteiger partial charge in [0.05, 0.1) is 18.2 Å². The van der Waals surface area contributed by atoms with Crippen LogP contribution >= 0.6 is 0 Å². The van der Waals surface area contributed by atoms with E-state index in [1.807, 2.05) is 0 Å². The van der Waals surface area contributed by atoms with Crippen LogP contribution in [0.2, 0.25) is 0 Å². The van der Waals surface area contributed by atoms with Gasteiger partial charge >= 0.3 is 12.0 Å². The quantitative estimate of drug-likeness (QED) is 0.640. The molecular weight excluding hydrogens is 291 g/mol. The number of carbonyl (C=O) groups is 2. The standard InChI is InChI=1S/C15H17FN2O4/c1-9-12(14(19)22-7-6-21-2)13(18-15(20)17-9)10-4-3-5-11(16)8-10/h3-5,8,13H,6-7H2,1-2H3,(H2,17,18,20)/t13-/m0/s1. The second kappa shape index (κ2) is 7.04. The summed E-state index contributed by atoms with van der Waals surface area (Å²) in [6, 6.07) is 4.49. The molecule has 0 bridgehead atoms. The zero-order valence-electron chi connectivity index (χ0n) is 12.3. The molecule has 0 fully saturated rings. The molecule has 0 saturated heterocycles. The van der Waals surface area contributed by atoms with Crippen LogP contribution in [0.25, 0.3) is 0 Å². The van der Waals surface area contributed by atoms with E-state index in [2.05, 4.69) is 10.6 Å². The van der Waals surface area contributed by atoms with Gasteiger partial charge in [0.2, 0.25) is 0 Å². The number of ether oxygens (including phenoxy) is 2. The van der Waals surface area contributed by atoms with Gasteiger partial charge in [-0.1, -0.05) is 12.1 Å². The molecule has 1 aliphatic rings. The molecule has 6 nitrogen and oxygen atoms in total. The Balaban J connectivity index is 2.30. The van der Waals surface area contributed by atoms with Gasteiger partial charge in [-0.25, -0.2) is 14.0 Å². The van der Waals surface area contributed by atoms with E-state index in [-0.39, 0.29) is 18.8 Å². The summed E-state index contributed by atoms with van der Waals surface area (Å²) in [7, 11) is 1.50. The second-order valence-corrected chi connectivity index (χ2v) is 4.75. The zero-order valence-corrected chi connectivity index (χ0v) is 12.3. The van der Waals surface area contributed by atoms with Crippen molar-refractivity contribution in [3.05, 3.63) is 46.9 Å². The van der Waals surface area contributed by atoms with E-state index in [9.17, 15) is 14.0 Å². The third-order valence-corrected chi connectivity index (χ3v) is 3.19. The van der Waals surface area contributed by atoms with Gasteiger partial charge < -0.3 is 20.1 Å². The zero-order chi connectivity index (χ0) is 16.1. The highest BCUT2D eigenvalue weighted by Crippen LogP contribution is 2.27. The van der Waals surface area contributed by atoms with E-state index in [1.54, 1.807) is 13.0 Å². The molecule has 0 aliphatic carbocycles. The Labute approximate surface area is 127 Å². The highest BCUT2D eigenvalue weighted by atomic mass is 19.1. The number of urea groups is 1. The number of esters is 1. The van der Waals surface area contributed by atoms with Crippen LogP contribution in [0.3, 0.4) is 0 Å². The number of rotatable bonds is 5. The van der Waals surface area contributed by atoms with Gasteiger partial charge in [-0.05, 0) is 24.6 Å². The Bertz CT molecular complexity index is 615. The van der Waals surface area contributed by atoms with Crippen LogP contribution < -0.4 is 10.6 Å². The molecule has 22 heavy (non-hydrogen) atoms. The number of hydrogen-bond donors (Lipinski definition) is 2. The number of benzene rings is 1. The largest absolute Gasteiger partial charge is 0.460 e. The number of allylic oxidation sites excluding steroid dienone is 1. The molecule has 1 atom stereocenters. The molecule has 2 N–H and O–H groups in total. The van der Waals surface area contributed by atoms with Gasteiger partial charge in [-0.15, -0.1) is 0 Å². The lowest BCUT2D eigenvalue weighted by Gasteiger charge is -2.28. The van der Waals surface area contributed by atoms with Crippen molar-refractivity contribution in [3.8, 4) is 0 Å².